The summed E-state index contributed by atoms with van der Waals surface area (Å²) in [6.45, 7) is 1.47. The van der Waals surface area contributed by atoms with Crippen LogP contribution in [0.15, 0.2) is 48.5 Å². The van der Waals surface area contributed by atoms with E-state index in [0.717, 1.165) is 40.9 Å². The molecule has 5 nitrogen and oxygen atoms in total. The number of para-hydroxylation sites is 2. The van der Waals surface area contributed by atoms with Crippen LogP contribution in [0.3, 0.4) is 0 Å². The Morgan fingerprint density at radius 2 is 1.46 bits per heavy atom. The minimum absolute atomic E-state index is 0.313. The van der Waals surface area contributed by atoms with Gasteiger partial charge in [-0.25, -0.2) is 0 Å². The molecular weight excluding hydrogens is 374 g/mol. The fourth-order valence-corrected chi connectivity index (χ4v) is 4.07. The van der Waals surface area contributed by atoms with Crippen molar-refractivity contribution in [3.05, 3.63) is 64.8 Å². The van der Waals surface area contributed by atoms with Crippen LogP contribution in [-0.4, -0.2) is 47.2 Å². The molecule has 142 valence electrons. The number of benzene rings is 2. The van der Waals surface area contributed by atoms with Crippen molar-refractivity contribution in [2.45, 2.75) is 6.54 Å². The number of aldehydes is 2. The summed E-state index contributed by atoms with van der Waals surface area (Å²) >= 11 is 6.67. The number of aromatic nitrogens is 2. The van der Waals surface area contributed by atoms with E-state index in [0.29, 0.717) is 28.6 Å². The van der Waals surface area contributed by atoms with E-state index < -0.39 is 0 Å². The molecule has 2 aromatic carbocycles. The molecule has 0 spiro atoms. The van der Waals surface area contributed by atoms with Crippen LogP contribution in [0.1, 0.15) is 20.7 Å². The molecule has 0 radical (unpaired) electrons. The molecule has 4 aromatic rings. The summed E-state index contributed by atoms with van der Waals surface area (Å²) in [5, 5.41) is 1.95. The number of hydrogen-bond acceptors (Lipinski definition) is 3. The zero-order chi connectivity index (χ0) is 19.8. The molecule has 0 aliphatic rings. The van der Waals surface area contributed by atoms with Crippen LogP contribution in [0.5, 0.6) is 0 Å². The number of nitrogens with zero attached hydrogens (tertiary/aromatic N) is 3. The normalized spacial score (nSPS) is 11.6. The summed E-state index contributed by atoms with van der Waals surface area (Å²) in [4.78, 5) is 26.0. The molecule has 0 amide bonds. The highest BCUT2D eigenvalue weighted by Gasteiger charge is 2.24. The lowest BCUT2D eigenvalue weighted by molar-refractivity contribution is 0.111. The van der Waals surface area contributed by atoms with Crippen molar-refractivity contribution >= 4 is 46.0 Å². The first-order valence-electron chi connectivity index (χ1n) is 9.04. The SMILES string of the molecule is CN(C)CCn1c(-n2c(Cl)c(C=O)c3ccccc32)c(C=O)c2ccccc21. The van der Waals surface area contributed by atoms with Crippen molar-refractivity contribution < 1.29 is 9.59 Å². The number of fused-ring (bicyclic) bond motifs is 2. The number of carbonyl (C=O) groups excluding carboxylic acids is 2. The molecule has 2 heterocycles. The van der Waals surface area contributed by atoms with Gasteiger partial charge in [-0.15, -0.1) is 0 Å². The predicted octanol–water partition coefficient (Wildman–Crippen LogP) is 4.43. The molecular formula is C22H20ClN3O2. The van der Waals surface area contributed by atoms with Gasteiger partial charge in [-0.2, -0.15) is 0 Å². The Morgan fingerprint density at radius 3 is 2.07 bits per heavy atom. The van der Waals surface area contributed by atoms with Crippen LogP contribution in [0.25, 0.3) is 27.6 Å². The lowest BCUT2D eigenvalue weighted by Crippen LogP contribution is -2.20. The number of halogens is 1. The Hall–Kier alpha value is -2.89. The number of likely N-dealkylation sites (N-methyl/N-ethyl adjacent to an activating group) is 1. The van der Waals surface area contributed by atoms with Gasteiger partial charge >= 0.3 is 0 Å². The highest BCUT2D eigenvalue weighted by molar-refractivity contribution is 6.34. The fourth-order valence-electron chi connectivity index (χ4n) is 3.75. The van der Waals surface area contributed by atoms with Crippen molar-refractivity contribution in [3.63, 3.8) is 0 Å². The third kappa shape index (κ3) is 2.75. The van der Waals surface area contributed by atoms with Gasteiger partial charge in [0.1, 0.15) is 11.0 Å². The van der Waals surface area contributed by atoms with E-state index in [4.69, 9.17) is 11.6 Å². The molecule has 4 rings (SSSR count). The smallest absolute Gasteiger partial charge is 0.154 e. The summed E-state index contributed by atoms with van der Waals surface area (Å²) in [6, 6.07) is 15.4. The third-order valence-corrected chi connectivity index (χ3v) is 5.43. The van der Waals surface area contributed by atoms with Gasteiger partial charge in [-0.1, -0.05) is 48.0 Å². The average Bonchev–Trinajstić information content (AvgIpc) is 3.16. The van der Waals surface area contributed by atoms with Gasteiger partial charge in [-0.3, -0.25) is 14.2 Å². The second kappa shape index (κ2) is 7.26. The summed E-state index contributed by atoms with van der Waals surface area (Å²) < 4.78 is 3.92. The third-order valence-electron chi connectivity index (χ3n) is 5.05. The predicted molar refractivity (Wildman–Crippen MR) is 113 cm³/mol. The minimum Gasteiger partial charge on any atom is -0.325 e. The molecule has 28 heavy (non-hydrogen) atoms. The molecule has 0 aliphatic carbocycles. The molecule has 6 heteroatoms. The van der Waals surface area contributed by atoms with Gasteiger partial charge in [0.15, 0.2) is 12.6 Å². The maximum Gasteiger partial charge on any atom is 0.154 e. The van der Waals surface area contributed by atoms with Crippen LogP contribution in [-0.2, 0) is 6.54 Å². The van der Waals surface area contributed by atoms with E-state index in [9.17, 15) is 9.59 Å². The van der Waals surface area contributed by atoms with Gasteiger partial charge in [0.05, 0.1) is 22.2 Å². The number of rotatable bonds is 6. The fraction of sp³-hybridized carbons (Fsp3) is 0.182. The first-order chi connectivity index (χ1) is 13.6. The van der Waals surface area contributed by atoms with E-state index >= 15 is 0 Å². The Bertz CT molecular complexity index is 1200. The van der Waals surface area contributed by atoms with Crippen molar-refractivity contribution in [2.75, 3.05) is 20.6 Å². The Morgan fingerprint density at radius 1 is 0.893 bits per heavy atom. The van der Waals surface area contributed by atoms with Crippen LogP contribution in [0, 0.1) is 0 Å². The highest BCUT2D eigenvalue weighted by Crippen LogP contribution is 2.36. The molecule has 0 aliphatic heterocycles. The summed E-state index contributed by atoms with van der Waals surface area (Å²) in [6.07, 6.45) is 1.64. The number of hydrogen-bond donors (Lipinski definition) is 0. The second-order valence-corrected chi connectivity index (χ2v) is 7.36. The van der Waals surface area contributed by atoms with E-state index in [-0.39, 0.29) is 0 Å². The van der Waals surface area contributed by atoms with Gasteiger partial charge in [0.25, 0.3) is 0 Å². The van der Waals surface area contributed by atoms with E-state index in [1.807, 2.05) is 67.2 Å². The van der Waals surface area contributed by atoms with Gasteiger partial charge in [0.2, 0.25) is 0 Å². The molecule has 0 atom stereocenters. The van der Waals surface area contributed by atoms with Gasteiger partial charge in [-0.05, 0) is 26.2 Å². The molecule has 0 N–H and O–H groups in total. The first kappa shape index (κ1) is 18.5. The molecule has 0 saturated heterocycles. The van der Waals surface area contributed by atoms with Crippen molar-refractivity contribution in [1.29, 1.82) is 0 Å². The van der Waals surface area contributed by atoms with Crippen molar-refractivity contribution in [2.24, 2.45) is 0 Å². The van der Waals surface area contributed by atoms with Crippen molar-refractivity contribution in [1.82, 2.24) is 14.0 Å². The summed E-state index contributed by atoms with van der Waals surface area (Å²) in [5.74, 6) is 0.687. The van der Waals surface area contributed by atoms with Crippen molar-refractivity contribution in [3.8, 4) is 5.82 Å². The summed E-state index contributed by atoms with van der Waals surface area (Å²) in [5.41, 5.74) is 2.75. The van der Waals surface area contributed by atoms with Crippen LogP contribution in [0.2, 0.25) is 5.15 Å². The molecule has 2 aromatic heterocycles. The first-order valence-corrected chi connectivity index (χ1v) is 9.42. The zero-order valence-electron chi connectivity index (χ0n) is 15.7. The van der Waals surface area contributed by atoms with E-state index in [1.165, 1.54) is 0 Å². The van der Waals surface area contributed by atoms with Gasteiger partial charge < -0.3 is 9.47 Å². The van der Waals surface area contributed by atoms with Crippen LogP contribution < -0.4 is 0 Å². The molecule has 0 bridgehead atoms. The zero-order valence-corrected chi connectivity index (χ0v) is 16.5. The van der Waals surface area contributed by atoms with Gasteiger partial charge in [0, 0.05) is 23.9 Å². The molecule has 0 saturated carbocycles. The summed E-state index contributed by atoms with van der Waals surface area (Å²) in [7, 11) is 4.02. The Kier molecular flexibility index (Phi) is 4.79. The van der Waals surface area contributed by atoms with Crippen LogP contribution >= 0.6 is 11.6 Å². The van der Waals surface area contributed by atoms with E-state index in [2.05, 4.69) is 9.47 Å². The quantitative estimate of drug-likeness (QED) is 0.455. The molecule has 0 fully saturated rings. The lowest BCUT2D eigenvalue weighted by Gasteiger charge is -2.17. The maximum absolute atomic E-state index is 12.1. The largest absolute Gasteiger partial charge is 0.325 e. The number of carbonyl (C=O) groups is 2. The monoisotopic (exact) mass is 393 g/mol. The lowest BCUT2D eigenvalue weighted by atomic mass is 10.2. The minimum atomic E-state index is 0.313. The Balaban J connectivity index is 2.13. The Labute approximate surface area is 167 Å². The van der Waals surface area contributed by atoms with Crippen LogP contribution in [0.4, 0.5) is 0 Å². The van der Waals surface area contributed by atoms with E-state index in [1.54, 1.807) is 0 Å². The highest BCUT2D eigenvalue weighted by atomic mass is 35.5. The second-order valence-electron chi connectivity index (χ2n) is 7.00. The maximum atomic E-state index is 12.1. The standard InChI is InChI=1S/C22H20ClN3O2/c1-24(2)11-12-25-19-9-5-3-8-16(19)18(14-28)22(25)26-20-10-6-4-7-15(20)17(13-27)21(26)23/h3-10,13-14H,11-12H2,1-2H3. The average molecular weight is 394 g/mol. The molecule has 0 unspecified atom stereocenters. The topological polar surface area (TPSA) is 47.2 Å².